The molecule has 1 aromatic carbocycles. The Kier molecular flexibility index (Phi) is 7.08. The fraction of sp³-hybridized carbons (Fsp3) is 0.438. The van der Waals surface area contributed by atoms with Crippen molar-refractivity contribution in [3.05, 3.63) is 29.8 Å². The zero-order valence-corrected chi connectivity index (χ0v) is 12.9. The van der Waals surface area contributed by atoms with Crippen LogP contribution in [0.15, 0.2) is 24.3 Å². The molecule has 22 heavy (non-hydrogen) atoms. The Bertz CT molecular complexity index is 543. The first-order valence-corrected chi connectivity index (χ1v) is 7.38. The van der Waals surface area contributed by atoms with Gasteiger partial charge in [0.2, 0.25) is 5.91 Å². The number of amides is 2. The van der Waals surface area contributed by atoms with Gasteiger partial charge in [0.1, 0.15) is 0 Å². The molecule has 0 fully saturated rings. The van der Waals surface area contributed by atoms with E-state index in [0.29, 0.717) is 24.1 Å². The van der Waals surface area contributed by atoms with Gasteiger partial charge in [-0.05, 0) is 24.6 Å². The summed E-state index contributed by atoms with van der Waals surface area (Å²) < 4.78 is 0. The number of rotatable bonds is 8. The third-order valence-electron chi connectivity index (χ3n) is 3.23. The highest BCUT2D eigenvalue weighted by Gasteiger charge is 2.17. The molecule has 1 unspecified atom stereocenters. The number of hydrogen-bond acceptors (Lipinski definition) is 3. The van der Waals surface area contributed by atoms with Crippen LogP contribution in [0.2, 0.25) is 0 Å². The van der Waals surface area contributed by atoms with Crippen molar-refractivity contribution in [1.82, 2.24) is 5.32 Å². The molecule has 0 aliphatic rings. The molecular formula is C16H22N2O4. The summed E-state index contributed by atoms with van der Waals surface area (Å²) in [6, 6.07) is 6.55. The number of carboxylic acids is 1. The van der Waals surface area contributed by atoms with Crippen molar-refractivity contribution in [3.8, 4) is 0 Å². The average Bonchev–Trinajstić information content (AvgIpc) is 2.50. The molecule has 120 valence electrons. The maximum absolute atomic E-state index is 12.1. The Hall–Kier alpha value is -2.37. The fourth-order valence-corrected chi connectivity index (χ4v) is 1.97. The summed E-state index contributed by atoms with van der Waals surface area (Å²) in [5.74, 6) is -1.98. The molecule has 0 aliphatic heterocycles. The van der Waals surface area contributed by atoms with E-state index in [2.05, 4.69) is 10.6 Å². The predicted octanol–water partition coefficient (Wildman–Crippen LogP) is 2.27. The van der Waals surface area contributed by atoms with Crippen LogP contribution in [0.25, 0.3) is 0 Å². The molecule has 0 aromatic heterocycles. The fourth-order valence-electron chi connectivity index (χ4n) is 1.97. The molecule has 0 saturated carbocycles. The Morgan fingerprint density at radius 2 is 1.95 bits per heavy atom. The molecule has 1 atom stereocenters. The Balaban J connectivity index is 2.67. The maximum atomic E-state index is 12.1. The zero-order valence-electron chi connectivity index (χ0n) is 12.9. The van der Waals surface area contributed by atoms with Crippen LogP contribution < -0.4 is 10.6 Å². The quantitative estimate of drug-likeness (QED) is 0.686. The SMILES string of the molecule is CCCC(CNC(=O)c1cccc(NC(=O)CC)c1)C(=O)O. The number of aliphatic carboxylic acids is 1. The molecule has 0 heterocycles. The van der Waals surface area contributed by atoms with Crippen molar-refractivity contribution < 1.29 is 19.5 Å². The smallest absolute Gasteiger partial charge is 0.308 e. The lowest BCUT2D eigenvalue weighted by molar-refractivity contribution is -0.141. The van der Waals surface area contributed by atoms with Crippen LogP contribution in [0, 0.1) is 5.92 Å². The van der Waals surface area contributed by atoms with Crippen LogP contribution in [0.5, 0.6) is 0 Å². The zero-order chi connectivity index (χ0) is 16.5. The number of carbonyl (C=O) groups is 3. The van der Waals surface area contributed by atoms with Gasteiger partial charge in [-0.3, -0.25) is 14.4 Å². The standard InChI is InChI=1S/C16H22N2O4/c1-3-6-12(16(21)22)10-17-15(20)11-7-5-8-13(9-11)18-14(19)4-2/h5,7-9,12H,3-4,6,10H2,1-2H3,(H,17,20)(H,18,19)(H,21,22). The number of nitrogens with one attached hydrogen (secondary N) is 2. The Morgan fingerprint density at radius 1 is 1.23 bits per heavy atom. The summed E-state index contributed by atoms with van der Waals surface area (Å²) in [4.78, 5) is 34.5. The second-order valence-electron chi connectivity index (χ2n) is 5.02. The molecule has 0 saturated heterocycles. The van der Waals surface area contributed by atoms with Crippen molar-refractivity contribution in [2.24, 2.45) is 5.92 Å². The minimum absolute atomic E-state index is 0.0908. The predicted molar refractivity (Wildman–Crippen MR) is 83.7 cm³/mol. The van der Waals surface area contributed by atoms with Gasteiger partial charge in [-0.1, -0.05) is 26.3 Å². The lowest BCUT2D eigenvalue weighted by Gasteiger charge is -2.13. The van der Waals surface area contributed by atoms with E-state index in [9.17, 15) is 14.4 Å². The molecule has 0 bridgehead atoms. The summed E-state index contributed by atoms with van der Waals surface area (Å²) >= 11 is 0. The van der Waals surface area contributed by atoms with Crippen LogP contribution in [-0.4, -0.2) is 29.4 Å². The van der Waals surface area contributed by atoms with E-state index >= 15 is 0 Å². The van der Waals surface area contributed by atoms with Gasteiger partial charge in [0.15, 0.2) is 0 Å². The van der Waals surface area contributed by atoms with Gasteiger partial charge in [-0.15, -0.1) is 0 Å². The number of benzene rings is 1. The highest BCUT2D eigenvalue weighted by atomic mass is 16.4. The van der Waals surface area contributed by atoms with Gasteiger partial charge in [-0.25, -0.2) is 0 Å². The van der Waals surface area contributed by atoms with Crippen molar-refractivity contribution >= 4 is 23.5 Å². The van der Waals surface area contributed by atoms with Crippen molar-refractivity contribution in [3.63, 3.8) is 0 Å². The largest absolute Gasteiger partial charge is 0.481 e. The molecule has 6 heteroatoms. The number of anilines is 1. The second-order valence-corrected chi connectivity index (χ2v) is 5.02. The van der Waals surface area contributed by atoms with Crippen LogP contribution in [-0.2, 0) is 9.59 Å². The lowest BCUT2D eigenvalue weighted by Crippen LogP contribution is -2.32. The van der Waals surface area contributed by atoms with E-state index in [4.69, 9.17) is 5.11 Å². The number of hydrogen-bond donors (Lipinski definition) is 3. The Morgan fingerprint density at radius 3 is 2.55 bits per heavy atom. The van der Waals surface area contributed by atoms with E-state index in [0.717, 1.165) is 6.42 Å². The normalized spacial score (nSPS) is 11.5. The van der Waals surface area contributed by atoms with Gasteiger partial charge in [-0.2, -0.15) is 0 Å². The van der Waals surface area contributed by atoms with Gasteiger partial charge in [0.05, 0.1) is 5.92 Å². The lowest BCUT2D eigenvalue weighted by atomic mass is 10.0. The summed E-state index contributed by atoms with van der Waals surface area (Å²) in [6.07, 6.45) is 1.61. The minimum Gasteiger partial charge on any atom is -0.481 e. The molecule has 3 N–H and O–H groups in total. The van der Waals surface area contributed by atoms with Gasteiger partial charge in [0, 0.05) is 24.2 Å². The Labute approximate surface area is 129 Å². The molecule has 6 nitrogen and oxygen atoms in total. The van der Waals surface area contributed by atoms with E-state index < -0.39 is 11.9 Å². The molecule has 0 radical (unpaired) electrons. The first kappa shape index (κ1) is 17.7. The topological polar surface area (TPSA) is 95.5 Å². The summed E-state index contributed by atoms with van der Waals surface area (Å²) in [5, 5.41) is 14.4. The first-order chi connectivity index (χ1) is 10.5. The van der Waals surface area contributed by atoms with Gasteiger partial charge in [0.25, 0.3) is 5.91 Å². The van der Waals surface area contributed by atoms with Gasteiger partial charge < -0.3 is 15.7 Å². The van der Waals surface area contributed by atoms with E-state index in [1.807, 2.05) is 6.92 Å². The average molecular weight is 306 g/mol. The summed E-state index contributed by atoms with van der Waals surface area (Å²) in [5.41, 5.74) is 0.928. The maximum Gasteiger partial charge on any atom is 0.308 e. The molecule has 0 spiro atoms. The van der Waals surface area contributed by atoms with E-state index in [1.165, 1.54) is 0 Å². The third kappa shape index (κ3) is 5.55. The summed E-state index contributed by atoms with van der Waals surface area (Å²) in [6.45, 7) is 3.73. The van der Waals surface area contributed by atoms with E-state index in [-0.39, 0.29) is 18.4 Å². The third-order valence-corrected chi connectivity index (χ3v) is 3.23. The van der Waals surface area contributed by atoms with E-state index in [1.54, 1.807) is 31.2 Å². The van der Waals surface area contributed by atoms with Crippen LogP contribution in [0.3, 0.4) is 0 Å². The number of carboxylic acid groups (broad SMARTS) is 1. The number of carbonyl (C=O) groups excluding carboxylic acids is 2. The molecular weight excluding hydrogens is 284 g/mol. The molecule has 0 aliphatic carbocycles. The monoisotopic (exact) mass is 306 g/mol. The van der Waals surface area contributed by atoms with Crippen LogP contribution >= 0.6 is 0 Å². The van der Waals surface area contributed by atoms with Crippen molar-refractivity contribution in [2.45, 2.75) is 33.1 Å². The highest BCUT2D eigenvalue weighted by Crippen LogP contribution is 2.12. The van der Waals surface area contributed by atoms with Crippen LogP contribution in [0.4, 0.5) is 5.69 Å². The van der Waals surface area contributed by atoms with Crippen LogP contribution in [0.1, 0.15) is 43.5 Å². The molecule has 1 rings (SSSR count). The van der Waals surface area contributed by atoms with Crippen molar-refractivity contribution in [2.75, 3.05) is 11.9 Å². The molecule has 1 aromatic rings. The van der Waals surface area contributed by atoms with Gasteiger partial charge >= 0.3 is 5.97 Å². The highest BCUT2D eigenvalue weighted by molar-refractivity contribution is 5.97. The van der Waals surface area contributed by atoms with Crippen molar-refractivity contribution in [1.29, 1.82) is 0 Å². The second kappa shape index (κ2) is 8.81. The minimum atomic E-state index is -0.911. The molecule has 2 amide bonds. The summed E-state index contributed by atoms with van der Waals surface area (Å²) in [7, 11) is 0. The first-order valence-electron chi connectivity index (χ1n) is 7.38.